The van der Waals surface area contributed by atoms with Crippen LogP contribution in [0.5, 0.6) is 5.75 Å². The Morgan fingerprint density at radius 1 is 1.54 bits per heavy atom. The van der Waals surface area contributed by atoms with Gasteiger partial charge in [0.2, 0.25) is 0 Å². The molecule has 13 heavy (non-hydrogen) atoms. The number of benzene rings is 1. The molecule has 2 N–H and O–H groups in total. The van der Waals surface area contributed by atoms with E-state index in [9.17, 15) is 9.90 Å². The van der Waals surface area contributed by atoms with Gasteiger partial charge in [-0.2, -0.15) is 0 Å². The minimum atomic E-state index is -0.490. The van der Waals surface area contributed by atoms with E-state index in [0.717, 1.165) is 5.56 Å². The van der Waals surface area contributed by atoms with Crippen LogP contribution >= 0.6 is 0 Å². The molecular formula is C9H9NO3. The molecule has 1 aromatic carbocycles. The highest BCUT2D eigenvalue weighted by atomic mass is 16.4. The molecule has 0 saturated carbocycles. The molecule has 2 aromatic rings. The summed E-state index contributed by atoms with van der Waals surface area (Å²) < 4.78 is 4.92. The maximum absolute atomic E-state index is 10.9. The van der Waals surface area contributed by atoms with Gasteiger partial charge in [0.05, 0.1) is 5.52 Å². The van der Waals surface area contributed by atoms with Crippen molar-refractivity contribution in [1.82, 2.24) is 4.98 Å². The molecule has 1 aromatic heterocycles. The number of aromatic hydroxyl groups is 1. The first-order valence-electron chi connectivity index (χ1n) is 4.05. The Morgan fingerprint density at radius 2 is 2.31 bits per heavy atom. The zero-order valence-corrected chi connectivity index (χ0v) is 7.13. The molecule has 68 valence electrons. The Kier molecular flexibility index (Phi) is 1.62. The van der Waals surface area contributed by atoms with Crippen molar-refractivity contribution in [3.8, 4) is 5.75 Å². The average molecular weight is 179 g/mol. The van der Waals surface area contributed by atoms with E-state index in [-0.39, 0.29) is 5.75 Å². The summed E-state index contributed by atoms with van der Waals surface area (Å²) in [5, 5.41) is 9.29. The largest absolute Gasteiger partial charge is 0.508 e. The lowest BCUT2D eigenvalue weighted by molar-refractivity contribution is 0.475. The molecule has 0 radical (unpaired) electrons. The summed E-state index contributed by atoms with van der Waals surface area (Å²) in [6, 6.07) is 3.07. The summed E-state index contributed by atoms with van der Waals surface area (Å²) in [6.45, 7) is 1.93. The summed E-state index contributed by atoms with van der Waals surface area (Å²) in [5.74, 6) is -0.350. The lowest BCUT2D eigenvalue weighted by atomic mass is 10.1. The lowest BCUT2D eigenvalue weighted by Crippen LogP contribution is -1.92. The first kappa shape index (κ1) is 7.91. The summed E-state index contributed by atoms with van der Waals surface area (Å²) in [4.78, 5) is 13.4. The van der Waals surface area contributed by atoms with Gasteiger partial charge >= 0.3 is 5.76 Å². The van der Waals surface area contributed by atoms with Gasteiger partial charge in [0.1, 0.15) is 5.75 Å². The van der Waals surface area contributed by atoms with Crippen molar-refractivity contribution in [2.45, 2.75) is 13.3 Å². The molecule has 0 fully saturated rings. The van der Waals surface area contributed by atoms with Gasteiger partial charge in [0, 0.05) is 11.6 Å². The number of aryl methyl sites for hydroxylation is 1. The van der Waals surface area contributed by atoms with Crippen LogP contribution in [-0.4, -0.2) is 10.1 Å². The highest BCUT2D eigenvalue weighted by Crippen LogP contribution is 2.22. The number of aromatic nitrogens is 1. The van der Waals surface area contributed by atoms with E-state index in [0.29, 0.717) is 17.5 Å². The fourth-order valence-corrected chi connectivity index (χ4v) is 1.38. The summed E-state index contributed by atoms with van der Waals surface area (Å²) in [7, 11) is 0. The molecule has 0 aliphatic rings. The number of hydrogen-bond acceptors (Lipinski definition) is 3. The molecule has 1 heterocycles. The zero-order valence-electron chi connectivity index (χ0n) is 7.13. The predicted octanol–water partition coefficient (Wildman–Crippen LogP) is 1.39. The molecule has 0 atom stereocenters. The van der Waals surface area contributed by atoms with E-state index < -0.39 is 5.76 Å². The third-order valence-electron chi connectivity index (χ3n) is 1.96. The second kappa shape index (κ2) is 2.65. The van der Waals surface area contributed by atoms with Crippen molar-refractivity contribution in [2.24, 2.45) is 0 Å². The number of nitrogens with one attached hydrogen (secondary N) is 1. The van der Waals surface area contributed by atoms with Crippen LogP contribution in [0.15, 0.2) is 21.3 Å². The number of rotatable bonds is 1. The Morgan fingerprint density at radius 3 is 3.00 bits per heavy atom. The normalized spacial score (nSPS) is 10.8. The number of aromatic amines is 1. The molecule has 0 bridgehead atoms. The first-order chi connectivity index (χ1) is 6.20. The molecule has 0 unspecified atom stereocenters. The third kappa shape index (κ3) is 1.20. The summed E-state index contributed by atoms with van der Waals surface area (Å²) >= 11 is 0. The minimum Gasteiger partial charge on any atom is -0.508 e. The maximum Gasteiger partial charge on any atom is 0.417 e. The van der Waals surface area contributed by atoms with Gasteiger partial charge in [-0.3, -0.25) is 4.98 Å². The van der Waals surface area contributed by atoms with Crippen LogP contribution in [-0.2, 0) is 6.42 Å². The second-order valence-corrected chi connectivity index (χ2v) is 2.85. The van der Waals surface area contributed by atoms with Gasteiger partial charge in [-0.15, -0.1) is 0 Å². The monoisotopic (exact) mass is 179 g/mol. The van der Waals surface area contributed by atoms with Crippen LogP contribution in [0.4, 0.5) is 0 Å². The van der Waals surface area contributed by atoms with Gasteiger partial charge in [-0.05, 0) is 12.5 Å². The van der Waals surface area contributed by atoms with Gasteiger partial charge in [-0.25, -0.2) is 4.79 Å². The van der Waals surface area contributed by atoms with E-state index in [1.807, 2.05) is 6.92 Å². The van der Waals surface area contributed by atoms with E-state index in [1.165, 1.54) is 6.07 Å². The zero-order chi connectivity index (χ0) is 9.42. The number of hydrogen-bond donors (Lipinski definition) is 2. The van der Waals surface area contributed by atoms with Crippen molar-refractivity contribution in [1.29, 1.82) is 0 Å². The third-order valence-corrected chi connectivity index (χ3v) is 1.96. The number of fused-ring (bicyclic) bond motifs is 1. The Labute approximate surface area is 73.8 Å². The van der Waals surface area contributed by atoms with Crippen LogP contribution in [0.25, 0.3) is 11.1 Å². The van der Waals surface area contributed by atoms with Crippen LogP contribution in [0.1, 0.15) is 12.5 Å². The number of phenolic OH excluding ortho intramolecular Hbond substituents is 1. The number of oxazole rings is 1. The van der Waals surface area contributed by atoms with Gasteiger partial charge in [0.25, 0.3) is 0 Å². The number of phenols is 1. The molecule has 0 aliphatic carbocycles. The molecule has 0 amide bonds. The van der Waals surface area contributed by atoms with Crippen LogP contribution in [0, 0.1) is 0 Å². The molecule has 4 nitrogen and oxygen atoms in total. The Balaban J connectivity index is 2.88. The highest BCUT2D eigenvalue weighted by molar-refractivity contribution is 5.77. The fraction of sp³-hybridized carbons (Fsp3) is 0.222. The van der Waals surface area contributed by atoms with E-state index >= 15 is 0 Å². The van der Waals surface area contributed by atoms with Gasteiger partial charge in [-0.1, -0.05) is 6.92 Å². The van der Waals surface area contributed by atoms with Crippen LogP contribution in [0.3, 0.4) is 0 Å². The standard InChI is InChI=1S/C9H9NO3/c1-2-5-3-6(11)4-7-8(5)13-9(12)10-7/h3-4,11H,2H2,1H3,(H,10,12). The predicted molar refractivity (Wildman–Crippen MR) is 47.9 cm³/mol. The Hall–Kier alpha value is -1.71. The van der Waals surface area contributed by atoms with E-state index in [2.05, 4.69) is 4.98 Å². The SMILES string of the molecule is CCc1cc(O)cc2[nH]c(=O)oc12. The fourth-order valence-electron chi connectivity index (χ4n) is 1.38. The first-order valence-corrected chi connectivity index (χ1v) is 4.05. The molecule has 2 rings (SSSR count). The van der Waals surface area contributed by atoms with E-state index in [1.54, 1.807) is 6.07 Å². The van der Waals surface area contributed by atoms with Gasteiger partial charge in [0.15, 0.2) is 5.58 Å². The van der Waals surface area contributed by atoms with Crippen LogP contribution in [0.2, 0.25) is 0 Å². The molecule has 0 saturated heterocycles. The minimum absolute atomic E-state index is 0.140. The molecule has 4 heteroatoms. The highest BCUT2D eigenvalue weighted by Gasteiger charge is 2.07. The topological polar surface area (TPSA) is 66.2 Å². The van der Waals surface area contributed by atoms with E-state index in [4.69, 9.17) is 4.42 Å². The van der Waals surface area contributed by atoms with Crippen molar-refractivity contribution < 1.29 is 9.52 Å². The van der Waals surface area contributed by atoms with Crippen molar-refractivity contribution in [2.75, 3.05) is 0 Å². The quantitative estimate of drug-likeness (QED) is 0.695. The summed E-state index contributed by atoms with van der Waals surface area (Å²) in [5.41, 5.74) is 1.90. The summed E-state index contributed by atoms with van der Waals surface area (Å²) in [6.07, 6.45) is 0.714. The average Bonchev–Trinajstić information content (AvgIpc) is 2.43. The molecular weight excluding hydrogens is 170 g/mol. The van der Waals surface area contributed by atoms with Crippen LogP contribution < -0.4 is 5.76 Å². The Bertz CT molecular complexity index is 495. The van der Waals surface area contributed by atoms with Crippen molar-refractivity contribution in [3.05, 3.63) is 28.2 Å². The smallest absolute Gasteiger partial charge is 0.417 e. The second-order valence-electron chi connectivity index (χ2n) is 2.85. The molecule has 0 aliphatic heterocycles. The van der Waals surface area contributed by atoms with Crippen molar-refractivity contribution >= 4 is 11.1 Å². The van der Waals surface area contributed by atoms with Gasteiger partial charge < -0.3 is 9.52 Å². The van der Waals surface area contributed by atoms with Crippen molar-refractivity contribution in [3.63, 3.8) is 0 Å². The number of H-pyrrole nitrogens is 1. The maximum atomic E-state index is 10.9. The molecule has 0 spiro atoms. The lowest BCUT2D eigenvalue weighted by Gasteiger charge is -1.97.